The molecule has 1 aliphatic carbocycles. The minimum absolute atomic E-state index is 0.207. The summed E-state index contributed by atoms with van der Waals surface area (Å²) in [7, 11) is 0. The molecule has 0 heterocycles. The number of carbonyl (C=O) groups is 2. The Morgan fingerprint density at radius 2 is 1.68 bits per heavy atom. The molecule has 0 spiro atoms. The van der Waals surface area contributed by atoms with Crippen molar-refractivity contribution in [3.63, 3.8) is 0 Å². The number of rotatable bonds is 6. The predicted molar refractivity (Wildman–Crippen MR) is 111 cm³/mol. The number of para-hydroxylation sites is 1. The van der Waals surface area contributed by atoms with E-state index >= 15 is 0 Å². The van der Waals surface area contributed by atoms with E-state index in [-0.39, 0.29) is 18.0 Å². The monoisotopic (exact) mass is 381 g/mol. The van der Waals surface area contributed by atoms with Gasteiger partial charge in [0.1, 0.15) is 5.75 Å². The van der Waals surface area contributed by atoms with Crippen LogP contribution in [0.2, 0.25) is 0 Å². The molecule has 1 aliphatic rings. The van der Waals surface area contributed by atoms with Crippen LogP contribution in [0.4, 0.5) is 16.2 Å². The predicted octanol–water partition coefficient (Wildman–Crippen LogP) is 4.79. The molecule has 1 fully saturated rings. The van der Waals surface area contributed by atoms with Crippen molar-refractivity contribution in [3.05, 3.63) is 54.1 Å². The van der Waals surface area contributed by atoms with Crippen LogP contribution in [0.1, 0.15) is 49.4 Å². The molecule has 3 amide bonds. The summed E-state index contributed by atoms with van der Waals surface area (Å²) in [6, 6.07) is 14.1. The molecule has 6 nitrogen and oxygen atoms in total. The zero-order valence-electron chi connectivity index (χ0n) is 16.2. The van der Waals surface area contributed by atoms with Crippen LogP contribution in [-0.2, 0) is 0 Å². The Hall–Kier alpha value is -3.02. The van der Waals surface area contributed by atoms with Gasteiger partial charge in [0, 0.05) is 11.7 Å². The molecule has 2 aromatic rings. The van der Waals surface area contributed by atoms with Crippen molar-refractivity contribution in [2.24, 2.45) is 0 Å². The van der Waals surface area contributed by atoms with Gasteiger partial charge in [0.15, 0.2) is 0 Å². The number of anilines is 2. The lowest BCUT2D eigenvalue weighted by Gasteiger charge is -2.23. The summed E-state index contributed by atoms with van der Waals surface area (Å²) in [6.07, 6.45) is 5.53. The van der Waals surface area contributed by atoms with E-state index in [0.29, 0.717) is 23.5 Å². The third-order valence-electron chi connectivity index (χ3n) is 4.78. The van der Waals surface area contributed by atoms with Crippen molar-refractivity contribution in [3.8, 4) is 5.75 Å². The standard InChI is InChI=1S/C22H27N3O3/c1-2-28-18-14-12-17(13-15-18)23-21(26)19-10-6-7-11-20(19)25-22(27)24-16-8-4-3-5-9-16/h6-7,10-16H,2-5,8-9H2,1H3,(H,23,26)(H2,24,25,27). The van der Waals surface area contributed by atoms with Crippen molar-refractivity contribution >= 4 is 23.3 Å². The van der Waals surface area contributed by atoms with Crippen LogP contribution < -0.4 is 20.7 Å². The smallest absolute Gasteiger partial charge is 0.319 e. The van der Waals surface area contributed by atoms with E-state index in [1.807, 2.05) is 6.92 Å². The lowest BCUT2D eigenvalue weighted by atomic mass is 9.96. The minimum atomic E-state index is -0.280. The molecule has 148 valence electrons. The Kier molecular flexibility index (Phi) is 6.89. The van der Waals surface area contributed by atoms with Gasteiger partial charge in [0.2, 0.25) is 0 Å². The third-order valence-corrected chi connectivity index (χ3v) is 4.78. The average Bonchev–Trinajstić information content (AvgIpc) is 2.71. The molecule has 28 heavy (non-hydrogen) atoms. The topological polar surface area (TPSA) is 79.5 Å². The van der Waals surface area contributed by atoms with Gasteiger partial charge in [-0.15, -0.1) is 0 Å². The molecule has 0 aromatic heterocycles. The number of amides is 3. The fourth-order valence-electron chi connectivity index (χ4n) is 3.38. The first-order valence-electron chi connectivity index (χ1n) is 9.86. The zero-order valence-corrected chi connectivity index (χ0v) is 16.2. The summed E-state index contributed by atoms with van der Waals surface area (Å²) in [6.45, 7) is 2.51. The molecule has 1 saturated carbocycles. The summed E-state index contributed by atoms with van der Waals surface area (Å²) in [5.41, 5.74) is 1.56. The van der Waals surface area contributed by atoms with E-state index in [9.17, 15) is 9.59 Å². The fourth-order valence-corrected chi connectivity index (χ4v) is 3.38. The van der Waals surface area contributed by atoms with Gasteiger partial charge >= 0.3 is 6.03 Å². The van der Waals surface area contributed by atoms with Crippen LogP contribution in [0.5, 0.6) is 5.75 Å². The van der Waals surface area contributed by atoms with Crippen LogP contribution in [0.25, 0.3) is 0 Å². The van der Waals surface area contributed by atoms with Crippen molar-refractivity contribution in [1.82, 2.24) is 5.32 Å². The van der Waals surface area contributed by atoms with E-state index in [1.165, 1.54) is 6.42 Å². The van der Waals surface area contributed by atoms with Crippen LogP contribution in [0, 0.1) is 0 Å². The molecule has 0 saturated heterocycles. The van der Waals surface area contributed by atoms with Crippen molar-refractivity contribution in [2.75, 3.05) is 17.2 Å². The van der Waals surface area contributed by atoms with Crippen molar-refractivity contribution in [1.29, 1.82) is 0 Å². The molecule has 3 N–H and O–H groups in total. The zero-order chi connectivity index (χ0) is 19.8. The van der Waals surface area contributed by atoms with Gasteiger partial charge in [-0.25, -0.2) is 4.79 Å². The molecule has 0 radical (unpaired) electrons. The van der Waals surface area contributed by atoms with Gasteiger partial charge in [-0.05, 0) is 56.2 Å². The molecule has 2 aromatic carbocycles. The number of carbonyl (C=O) groups excluding carboxylic acids is 2. The third kappa shape index (κ3) is 5.49. The molecular weight excluding hydrogens is 354 g/mol. The Bertz CT molecular complexity index is 799. The molecule has 0 unspecified atom stereocenters. The average molecular weight is 381 g/mol. The van der Waals surface area contributed by atoms with Gasteiger partial charge in [-0.2, -0.15) is 0 Å². The van der Waals surface area contributed by atoms with E-state index in [2.05, 4.69) is 16.0 Å². The molecule has 0 bridgehead atoms. The van der Waals surface area contributed by atoms with E-state index in [4.69, 9.17) is 4.74 Å². The molecular formula is C22H27N3O3. The maximum Gasteiger partial charge on any atom is 0.319 e. The van der Waals surface area contributed by atoms with Gasteiger partial charge in [0.05, 0.1) is 17.9 Å². The molecule has 0 aliphatic heterocycles. The summed E-state index contributed by atoms with van der Waals surface area (Å²) in [5, 5.41) is 8.68. The van der Waals surface area contributed by atoms with E-state index in [0.717, 1.165) is 31.4 Å². The number of benzene rings is 2. The van der Waals surface area contributed by atoms with Crippen molar-refractivity contribution in [2.45, 2.75) is 45.1 Å². The Morgan fingerprint density at radius 3 is 2.39 bits per heavy atom. The minimum Gasteiger partial charge on any atom is -0.494 e. The summed E-state index contributed by atoms with van der Waals surface area (Å²) in [5.74, 6) is 0.472. The molecule has 0 atom stereocenters. The lowest BCUT2D eigenvalue weighted by Crippen LogP contribution is -2.39. The highest BCUT2D eigenvalue weighted by molar-refractivity contribution is 6.10. The fraction of sp³-hybridized carbons (Fsp3) is 0.364. The first-order chi connectivity index (χ1) is 13.7. The van der Waals surface area contributed by atoms with Crippen LogP contribution in [0.15, 0.2) is 48.5 Å². The van der Waals surface area contributed by atoms with Crippen LogP contribution >= 0.6 is 0 Å². The highest BCUT2D eigenvalue weighted by atomic mass is 16.5. The first-order valence-corrected chi connectivity index (χ1v) is 9.86. The molecule has 6 heteroatoms. The summed E-state index contributed by atoms with van der Waals surface area (Å²) < 4.78 is 5.41. The second-order valence-electron chi connectivity index (χ2n) is 6.89. The van der Waals surface area contributed by atoms with E-state index < -0.39 is 0 Å². The van der Waals surface area contributed by atoms with Gasteiger partial charge in [0.25, 0.3) is 5.91 Å². The number of hydrogen-bond donors (Lipinski definition) is 3. The number of urea groups is 1. The van der Waals surface area contributed by atoms with Gasteiger partial charge < -0.3 is 20.7 Å². The maximum absolute atomic E-state index is 12.7. The highest BCUT2D eigenvalue weighted by Gasteiger charge is 2.17. The highest BCUT2D eigenvalue weighted by Crippen LogP contribution is 2.21. The van der Waals surface area contributed by atoms with Crippen molar-refractivity contribution < 1.29 is 14.3 Å². The van der Waals surface area contributed by atoms with Gasteiger partial charge in [-0.3, -0.25) is 4.79 Å². The number of nitrogens with one attached hydrogen (secondary N) is 3. The number of hydrogen-bond acceptors (Lipinski definition) is 3. The second kappa shape index (κ2) is 9.78. The lowest BCUT2D eigenvalue weighted by molar-refractivity contribution is 0.102. The largest absolute Gasteiger partial charge is 0.494 e. The molecule has 3 rings (SSSR count). The quantitative estimate of drug-likeness (QED) is 0.673. The van der Waals surface area contributed by atoms with E-state index in [1.54, 1.807) is 48.5 Å². The second-order valence-corrected chi connectivity index (χ2v) is 6.89. The number of ether oxygens (including phenoxy) is 1. The van der Waals surface area contributed by atoms with Crippen LogP contribution in [0.3, 0.4) is 0 Å². The van der Waals surface area contributed by atoms with Gasteiger partial charge in [-0.1, -0.05) is 31.4 Å². The SMILES string of the molecule is CCOc1ccc(NC(=O)c2ccccc2NC(=O)NC2CCCCC2)cc1. The Labute approximate surface area is 165 Å². The Balaban J connectivity index is 1.63. The first kappa shape index (κ1) is 19.7. The Morgan fingerprint density at radius 1 is 0.964 bits per heavy atom. The summed E-state index contributed by atoms with van der Waals surface area (Å²) >= 11 is 0. The normalized spacial score (nSPS) is 14.2. The maximum atomic E-state index is 12.7. The summed E-state index contributed by atoms with van der Waals surface area (Å²) in [4.78, 5) is 25.0. The van der Waals surface area contributed by atoms with Crippen LogP contribution in [-0.4, -0.2) is 24.6 Å².